The van der Waals surface area contributed by atoms with Crippen LogP contribution in [-0.4, -0.2) is 23.5 Å². The molecule has 0 spiro atoms. The van der Waals surface area contributed by atoms with Gasteiger partial charge in [-0.1, -0.05) is 12.5 Å². The third-order valence-electron chi connectivity index (χ3n) is 3.17. The Hall–Kier alpha value is -0.840. The summed E-state index contributed by atoms with van der Waals surface area (Å²) in [5.41, 5.74) is 2.06. The molecule has 1 aromatic heterocycles. The first kappa shape index (κ1) is 18.2. The van der Waals surface area contributed by atoms with Crippen LogP contribution in [0.25, 0.3) is 0 Å². The van der Waals surface area contributed by atoms with Crippen LogP contribution < -0.4 is 10.6 Å². The molecule has 0 bridgehead atoms. The number of aryl methyl sites for hydroxylation is 1. The Morgan fingerprint density at radius 1 is 1.47 bits per heavy atom. The fourth-order valence-corrected chi connectivity index (χ4v) is 2.07. The molecule has 2 N–H and O–H groups in total. The van der Waals surface area contributed by atoms with Gasteiger partial charge in [-0.05, 0) is 37.9 Å². The monoisotopic (exact) mass is 305 g/mol. The first-order chi connectivity index (χ1) is 8.27. The summed E-state index contributed by atoms with van der Waals surface area (Å²) in [6, 6.07) is 3.89. The topological polar surface area (TPSA) is 54.0 Å². The standard InChI is InChI=1S/C13H19N3O.2ClH/c1-10-5-4-8-15-12(10)9-16-13(17)11-6-2-3-7-14-11;;/h4-5,8,11,14H,2-3,6-7,9H2,1H3,(H,16,17);2*1H. The van der Waals surface area contributed by atoms with Crippen LogP contribution in [0.4, 0.5) is 0 Å². The van der Waals surface area contributed by atoms with Gasteiger partial charge in [0.25, 0.3) is 0 Å². The van der Waals surface area contributed by atoms with Crippen molar-refractivity contribution >= 4 is 30.7 Å². The van der Waals surface area contributed by atoms with E-state index in [1.807, 2.05) is 19.1 Å². The molecule has 1 unspecified atom stereocenters. The molecule has 0 saturated carbocycles. The predicted molar refractivity (Wildman–Crippen MR) is 81.0 cm³/mol. The fourth-order valence-electron chi connectivity index (χ4n) is 2.07. The van der Waals surface area contributed by atoms with E-state index in [-0.39, 0.29) is 36.8 Å². The minimum atomic E-state index is -0.0206. The molecule has 108 valence electrons. The van der Waals surface area contributed by atoms with Gasteiger partial charge in [0.05, 0.1) is 18.3 Å². The maximum Gasteiger partial charge on any atom is 0.237 e. The Bertz CT molecular complexity index is 395. The summed E-state index contributed by atoms with van der Waals surface area (Å²) in [4.78, 5) is 16.1. The summed E-state index contributed by atoms with van der Waals surface area (Å²) in [5.74, 6) is 0.0924. The number of amides is 1. The van der Waals surface area contributed by atoms with Gasteiger partial charge in [0.2, 0.25) is 5.91 Å². The van der Waals surface area contributed by atoms with E-state index in [1.165, 1.54) is 6.42 Å². The van der Waals surface area contributed by atoms with Gasteiger partial charge in [-0.15, -0.1) is 24.8 Å². The number of carbonyl (C=O) groups excluding carboxylic acids is 1. The maximum absolute atomic E-state index is 11.9. The molecule has 0 radical (unpaired) electrons. The van der Waals surface area contributed by atoms with Gasteiger partial charge in [-0.3, -0.25) is 9.78 Å². The number of halogens is 2. The van der Waals surface area contributed by atoms with Crippen molar-refractivity contribution in [2.45, 2.75) is 38.8 Å². The van der Waals surface area contributed by atoms with Gasteiger partial charge in [0.15, 0.2) is 0 Å². The highest BCUT2D eigenvalue weighted by Gasteiger charge is 2.19. The van der Waals surface area contributed by atoms with Gasteiger partial charge < -0.3 is 10.6 Å². The number of pyridine rings is 1. The van der Waals surface area contributed by atoms with Crippen LogP contribution in [-0.2, 0) is 11.3 Å². The van der Waals surface area contributed by atoms with Gasteiger partial charge in [0, 0.05) is 6.20 Å². The average Bonchev–Trinajstić information content (AvgIpc) is 2.38. The summed E-state index contributed by atoms with van der Waals surface area (Å²) >= 11 is 0. The van der Waals surface area contributed by atoms with Crippen LogP contribution in [0.3, 0.4) is 0 Å². The lowest BCUT2D eigenvalue weighted by molar-refractivity contribution is -0.123. The second-order valence-corrected chi connectivity index (χ2v) is 4.49. The molecule has 19 heavy (non-hydrogen) atoms. The van der Waals surface area contributed by atoms with E-state index in [9.17, 15) is 4.79 Å². The molecule has 1 aliphatic heterocycles. The van der Waals surface area contributed by atoms with Crippen molar-refractivity contribution in [3.8, 4) is 0 Å². The molecule has 1 aliphatic rings. The van der Waals surface area contributed by atoms with E-state index < -0.39 is 0 Å². The maximum atomic E-state index is 11.9. The number of nitrogens with one attached hydrogen (secondary N) is 2. The Morgan fingerprint density at radius 2 is 2.26 bits per heavy atom. The van der Waals surface area contributed by atoms with Crippen molar-refractivity contribution in [3.63, 3.8) is 0 Å². The average molecular weight is 306 g/mol. The minimum Gasteiger partial charge on any atom is -0.349 e. The fraction of sp³-hybridized carbons (Fsp3) is 0.538. The lowest BCUT2D eigenvalue weighted by atomic mass is 10.0. The Labute approximate surface area is 126 Å². The highest BCUT2D eigenvalue weighted by Crippen LogP contribution is 2.07. The van der Waals surface area contributed by atoms with Crippen LogP contribution in [0, 0.1) is 6.92 Å². The molecule has 2 rings (SSSR count). The summed E-state index contributed by atoms with van der Waals surface area (Å²) in [6.07, 6.45) is 5.00. The van der Waals surface area contributed by atoms with Crippen LogP contribution in [0.15, 0.2) is 18.3 Å². The Kier molecular flexibility index (Phi) is 8.72. The highest BCUT2D eigenvalue weighted by molar-refractivity contribution is 5.85. The van der Waals surface area contributed by atoms with E-state index in [0.717, 1.165) is 30.6 Å². The Balaban J connectivity index is 0.00000162. The summed E-state index contributed by atoms with van der Waals surface area (Å²) in [6.45, 7) is 3.47. The number of piperidine rings is 1. The number of carbonyl (C=O) groups is 1. The second kappa shape index (κ2) is 9.13. The van der Waals surface area contributed by atoms with E-state index in [1.54, 1.807) is 6.20 Å². The van der Waals surface area contributed by atoms with Crippen molar-refractivity contribution in [2.75, 3.05) is 6.54 Å². The van der Waals surface area contributed by atoms with Crippen molar-refractivity contribution in [1.82, 2.24) is 15.6 Å². The second-order valence-electron chi connectivity index (χ2n) is 4.49. The minimum absolute atomic E-state index is 0. The highest BCUT2D eigenvalue weighted by atomic mass is 35.5. The molecule has 1 atom stereocenters. The molecule has 1 fully saturated rings. The molecule has 0 aromatic carbocycles. The van der Waals surface area contributed by atoms with E-state index >= 15 is 0 Å². The van der Waals surface area contributed by atoms with E-state index in [0.29, 0.717) is 6.54 Å². The zero-order chi connectivity index (χ0) is 12.1. The van der Waals surface area contributed by atoms with Gasteiger partial charge in [-0.2, -0.15) is 0 Å². The number of rotatable bonds is 3. The SMILES string of the molecule is Cc1cccnc1CNC(=O)C1CCCCN1.Cl.Cl. The van der Waals surface area contributed by atoms with Crippen molar-refractivity contribution in [3.05, 3.63) is 29.6 Å². The third kappa shape index (κ3) is 5.35. The molecular weight excluding hydrogens is 285 g/mol. The number of aromatic nitrogens is 1. The molecule has 1 aromatic rings. The summed E-state index contributed by atoms with van der Waals surface area (Å²) in [5, 5.41) is 6.18. The van der Waals surface area contributed by atoms with Gasteiger partial charge in [0.1, 0.15) is 0 Å². The largest absolute Gasteiger partial charge is 0.349 e. The smallest absolute Gasteiger partial charge is 0.237 e. The predicted octanol–water partition coefficient (Wildman–Crippen LogP) is 1.99. The van der Waals surface area contributed by atoms with Crippen molar-refractivity contribution in [2.24, 2.45) is 0 Å². The summed E-state index contributed by atoms with van der Waals surface area (Å²) in [7, 11) is 0. The lowest BCUT2D eigenvalue weighted by Gasteiger charge is -2.22. The van der Waals surface area contributed by atoms with Crippen molar-refractivity contribution in [1.29, 1.82) is 0 Å². The molecule has 1 amide bonds. The number of hydrogen-bond donors (Lipinski definition) is 2. The number of hydrogen-bond acceptors (Lipinski definition) is 3. The van der Waals surface area contributed by atoms with Crippen LogP contribution in [0.5, 0.6) is 0 Å². The molecule has 6 heteroatoms. The van der Waals surface area contributed by atoms with Crippen LogP contribution in [0.1, 0.15) is 30.5 Å². The zero-order valence-corrected chi connectivity index (χ0v) is 12.6. The Morgan fingerprint density at radius 3 is 2.89 bits per heavy atom. The zero-order valence-electron chi connectivity index (χ0n) is 11.0. The van der Waals surface area contributed by atoms with Gasteiger partial charge in [-0.25, -0.2) is 0 Å². The van der Waals surface area contributed by atoms with Crippen molar-refractivity contribution < 1.29 is 4.79 Å². The molecular formula is C13H21Cl2N3O. The van der Waals surface area contributed by atoms with Crippen LogP contribution >= 0.6 is 24.8 Å². The number of nitrogens with zero attached hydrogens (tertiary/aromatic N) is 1. The normalized spacial score (nSPS) is 17.8. The van der Waals surface area contributed by atoms with Crippen LogP contribution in [0.2, 0.25) is 0 Å². The molecule has 0 aliphatic carbocycles. The molecule has 4 nitrogen and oxygen atoms in total. The van der Waals surface area contributed by atoms with E-state index in [2.05, 4.69) is 15.6 Å². The third-order valence-corrected chi connectivity index (χ3v) is 3.17. The summed E-state index contributed by atoms with van der Waals surface area (Å²) < 4.78 is 0. The first-order valence-electron chi connectivity index (χ1n) is 6.19. The lowest BCUT2D eigenvalue weighted by Crippen LogP contribution is -2.46. The molecule has 1 saturated heterocycles. The van der Waals surface area contributed by atoms with E-state index in [4.69, 9.17) is 0 Å². The first-order valence-corrected chi connectivity index (χ1v) is 6.19. The van der Waals surface area contributed by atoms with Gasteiger partial charge >= 0.3 is 0 Å². The quantitative estimate of drug-likeness (QED) is 0.898. The molecule has 2 heterocycles.